The van der Waals surface area contributed by atoms with Crippen LogP contribution in [0.15, 0.2) is 71.7 Å². The normalized spacial score (nSPS) is 11.8. The van der Waals surface area contributed by atoms with Crippen LogP contribution in [0.2, 0.25) is 0 Å². The maximum atomic E-state index is 10.4. The van der Waals surface area contributed by atoms with E-state index in [1.165, 1.54) is 0 Å². The smallest absolute Gasteiger partial charge is 0.132 e. The van der Waals surface area contributed by atoms with Crippen LogP contribution in [0.25, 0.3) is 10.8 Å². The molecule has 0 amide bonds. The minimum absolute atomic E-state index is 0.292. The number of para-hydroxylation sites is 1. The van der Waals surface area contributed by atoms with Crippen LogP contribution >= 0.6 is 0 Å². The molecule has 0 aliphatic heterocycles. The Kier molecular flexibility index (Phi) is 3.21. The summed E-state index contributed by atoms with van der Waals surface area (Å²) in [6.07, 6.45) is 0. The zero-order valence-electron chi connectivity index (χ0n) is 11.2. The van der Waals surface area contributed by atoms with Crippen molar-refractivity contribution in [2.24, 2.45) is 4.99 Å². The number of aliphatic imine (C=N–C) groups is 1. The second-order valence-corrected chi connectivity index (χ2v) is 4.72. The van der Waals surface area contributed by atoms with Crippen LogP contribution in [-0.2, 0) is 0 Å². The Balaban J connectivity index is 2.10. The molecule has 3 rings (SSSR count). The van der Waals surface area contributed by atoms with E-state index in [0.717, 1.165) is 27.7 Å². The van der Waals surface area contributed by atoms with Crippen molar-refractivity contribution in [3.05, 3.63) is 72.3 Å². The zero-order chi connectivity index (χ0) is 13.9. The highest BCUT2D eigenvalue weighted by Crippen LogP contribution is 2.29. The van der Waals surface area contributed by atoms with E-state index in [9.17, 15) is 5.11 Å². The van der Waals surface area contributed by atoms with Crippen LogP contribution in [0, 0.1) is 0 Å². The lowest BCUT2D eigenvalue weighted by molar-refractivity contribution is 0.480. The van der Waals surface area contributed by atoms with Crippen LogP contribution in [0.1, 0.15) is 12.5 Å². The number of hydrogen-bond acceptors (Lipinski definition) is 2. The maximum absolute atomic E-state index is 10.4. The topological polar surface area (TPSA) is 32.6 Å². The van der Waals surface area contributed by atoms with Gasteiger partial charge in [-0.2, -0.15) is 0 Å². The molecule has 98 valence electrons. The maximum Gasteiger partial charge on any atom is 0.132 e. The molecule has 1 N–H and O–H groups in total. The van der Waals surface area contributed by atoms with Gasteiger partial charge in [0.15, 0.2) is 0 Å². The molecule has 0 saturated carbocycles. The van der Waals surface area contributed by atoms with Crippen LogP contribution in [0.5, 0.6) is 5.75 Å². The monoisotopic (exact) mass is 261 g/mol. The predicted molar refractivity (Wildman–Crippen MR) is 83.9 cm³/mol. The van der Waals surface area contributed by atoms with Gasteiger partial charge in [0, 0.05) is 16.7 Å². The number of rotatable bonds is 2. The molecule has 20 heavy (non-hydrogen) atoms. The van der Waals surface area contributed by atoms with Crippen molar-refractivity contribution in [1.82, 2.24) is 0 Å². The molecular weight excluding hydrogens is 246 g/mol. The Labute approximate surface area is 118 Å². The fourth-order valence-electron chi connectivity index (χ4n) is 2.30. The second-order valence-electron chi connectivity index (χ2n) is 4.72. The molecule has 2 nitrogen and oxygen atoms in total. The first-order valence-electron chi connectivity index (χ1n) is 6.57. The van der Waals surface area contributed by atoms with E-state index in [1.807, 2.05) is 73.7 Å². The number of phenolic OH excluding ortho intramolecular Hbond substituents is 1. The van der Waals surface area contributed by atoms with E-state index >= 15 is 0 Å². The first kappa shape index (κ1) is 12.4. The van der Waals surface area contributed by atoms with Gasteiger partial charge in [-0.25, -0.2) is 0 Å². The summed E-state index contributed by atoms with van der Waals surface area (Å²) in [5.74, 6) is 0.292. The Hall–Kier alpha value is -2.61. The van der Waals surface area contributed by atoms with Crippen molar-refractivity contribution in [3.8, 4) is 5.75 Å². The highest BCUT2D eigenvalue weighted by Gasteiger charge is 2.08. The van der Waals surface area contributed by atoms with Crippen LogP contribution in [0.4, 0.5) is 5.69 Å². The molecule has 3 aromatic rings. The number of aromatic hydroxyl groups is 1. The highest BCUT2D eigenvalue weighted by atomic mass is 16.3. The van der Waals surface area contributed by atoms with Crippen molar-refractivity contribution < 1.29 is 5.11 Å². The summed E-state index contributed by atoms with van der Waals surface area (Å²) < 4.78 is 0. The van der Waals surface area contributed by atoms with Gasteiger partial charge in [0.25, 0.3) is 0 Å². The highest BCUT2D eigenvalue weighted by molar-refractivity contribution is 6.07. The molecule has 0 saturated heterocycles. The first-order valence-corrected chi connectivity index (χ1v) is 6.57. The molecule has 0 heterocycles. The van der Waals surface area contributed by atoms with Gasteiger partial charge in [-0.15, -0.1) is 0 Å². The average molecular weight is 261 g/mol. The lowest BCUT2D eigenvalue weighted by atomic mass is 10.0. The fraction of sp³-hybridized carbons (Fsp3) is 0.0556. The Morgan fingerprint density at radius 1 is 0.850 bits per heavy atom. The van der Waals surface area contributed by atoms with E-state index in [2.05, 4.69) is 4.99 Å². The van der Waals surface area contributed by atoms with Crippen molar-refractivity contribution >= 4 is 22.2 Å². The molecule has 0 unspecified atom stereocenters. The second kappa shape index (κ2) is 5.17. The number of benzene rings is 3. The van der Waals surface area contributed by atoms with Gasteiger partial charge in [0.1, 0.15) is 5.75 Å². The molecular formula is C18H15NO. The van der Waals surface area contributed by atoms with E-state index in [4.69, 9.17) is 0 Å². The molecule has 0 bridgehead atoms. The lowest BCUT2D eigenvalue weighted by Crippen LogP contribution is -1.95. The van der Waals surface area contributed by atoms with Gasteiger partial charge in [-0.05, 0) is 30.5 Å². The van der Waals surface area contributed by atoms with Crippen molar-refractivity contribution in [2.45, 2.75) is 6.92 Å². The summed E-state index contributed by atoms with van der Waals surface area (Å²) in [4.78, 5) is 4.55. The Morgan fingerprint density at radius 3 is 2.35 bits per heavy atom. The zero-order valence-corrected chi connectivity index (χ0v) is 11.2. The van der Waals surface area contributed by atoms with E-state index in [1.54, 1.807) is 0 Å². The molecule has 0 fully saturated rings. The molecule has 3 aromatic carbocycles. The quantitative estimate of drug-likeness (QED) is 0.667. The molecule has 0 radical (unpaired) electrons. The third-order valence-electron chi connectivity index (χ3n) is 3.34. The number of hydrogen-bond donors (Lipinski definition) is 1. The van der Waals surface area contributed by atoms with Gasteiger partial charge in [-0.3, -0.25) is 4.99 Å². The Morgan fingerprint density at radius 2 is 1.55 bits per heavy atom. The van der Waals surface area contributed by atoms with Gasteiger partial charge >= 0.3 is 0 Å². The standard InChI is InChI=1S/C18H15NO/c1-13(19-15-8-3-2-4-9-15)16-12-11-14-7-5-6-10-17(14)18(16)20/h2-12,20H,1H3. The average Bonchev–Trinajstić information content (AvgIpc) is 2.49. The number of nitrogens with zero attached hydrogens (tertiary/aromatic N) is 1. The van der Waals surface area contributed by atoms with Crippen molar-refractivity contribution in [3.63, 3.8) is 0 Å². The van der Waals surface area contributed by atoms with Crippen LogP contribution < -0.4 is 0 Å². The van der Waals surface area contributed by atoms with Crippen molar-refractivity contribution in [1.29, 1.82) is 0 Å². The van der Waals surface area contributed by atoms with E-state index in [0.29, 0.717) is 5.75 Å². The van der Waals surface area contributed by atoms with Gasteiger partial charge in [-0.1, -0.05) is 48.5 Å². The van der Waals surface area contributed by atoms with E-state index < -0.39 is 0 Å². The minimum atomic E-state index is 0.292. The third kappa shape index (κ3) is 2.28. The molecule has 0 aromatic heterocycles. The lowest BCUT2D eigenvalue weighted by Gasteiger charge is -2.08. The fourth-order valence-corrected chi connectivity index (χ4v) is 2.30. The summed E-state index contributed by atoms with van der Waals surface area (Å²) in [6, 6.07) is 21.5. The number of fused-ring (bicyclic) bond motifs is 1. The predicted octanol–water partition coefficient (Wildman–Crippen LogP) is 4.69. The SMILES string of the molecule is CC(=Nc1ccccc1)c1ccc2ccccc2c1O. The first-order chi connectivity index (χ1) is 9.75. The summed E-state index contributed by atoms with van der Waals surface area (Å²) >= 11 is 0. The molecule has 2 heteroatoms. The van der Waals surface area contributed by atoms with Gasteiger partial charge in [0.05, 0.1) is 5.69 Å². The Bertz CT molecular complexity index is 776. The third-order valence-corrected chi connectivity index (χ3v) is 3.34. The van der Waals surface area contributed by atoms with Crippen LogP contribution in [-0.4, -0.2) is 10.8 Å². The van der Waals surface area contributed by atoms with E-state index in [-0.39, 0.29) is 0 Å². The minimum Gasteiger partial charge on any atom is -0.507 e. The largest absolute Gasteiger partial charge is 0.507 e. The van der Waals surface area contributed by atoms with Crippen molar-refractivity contribution in [2.75, 3.05) is 0 Å². The summed E-state index contributed by atoms with van der Waals surface area (Å²) in [5, 5.41) is 12.3. The molecule has 0 aliphatic rings. The van der Waals surface area contributed by atoms with Gasteiger partial charge in [0.2, 0.25) is 0 Å². The molecule has 0 atom stereocenters. The number of phenols is 1. The summed E-state index contributed by atoms with van der Waals surface area (Å²) in [6.45, 7) is 1.91. The van der Waals surface area contributed by atoms with Gasteiger partial charge < -0.3 is 5.11 Å². The van der Waals surface area contributed by atoms with Crippen LogP contribution in [0.3, 0.4) is 0 Å². The summed E-state index contributed by atoms with van der Waals surface area (Å²) in [5.41, 5.74) is 2.46. The molecule has 0 spiro atoms. The molecule has 0 aliphatic carbocycles. The summed E-state index contributed by atoms with van der Waals surface area (Å²) in [7, 11) is 0.